The van der Waals surface area contributed by atoms with Crippen LogP contribution < -0.4 is 0 Å². The van der Waals surface area contributed by atoms with E-state index in [-0.39, 0.29) is 47.6 Å². The molecule has 4 aliphatic rings. The van der Waals surface area contributed by atoms with Crippen LogP contribution in [0.15, 0.2) is 34.8 Å². The summed E-state index contributed by atoms with van der Waals surface area (Å²) in [7, 11) is 0. The van der Waals surface area contributed by atoms with Gasteiger partial charge in [0, 0.05) is 6.42 Å². The van der Waals surface area contributed by atoms with Crippen molar-refractivity contribution in [2.45, 2.75) is 58.8 Å². The molecule has 0 aromatic heterocycles. The summed E-state index contributed by atoms with van der Waals surface area (Å²) in [5.74, 6) is -1.77. The molecule has 0 saturated heterocycles. The molecule has 29 heavy (non-hydrogen) atoms. The van der Waals surface area contributed by atoms with E-state index in [1.807, 2.05) is 13.0 Å². The minimum atomic E-state index is -0.964. The summed E-state index contributed by atoms with van der Waals surface area (Å²) in [6.07, 6.45) is 7.30. The molecule has 6 heteroatoms. The van der Waals surface area contributed by atoms with Gasteiger partial charge in [0.1, 0.15) is 0 Å². The lowest BCUT2D eigenvalue weighted by Gasteiger charge is -2.56. The quantitative estimate of drug-likeness (QED) is 0.657. The third kappa shape index (κ3) is 2.71. The molecule has 156 valence electrons. The number of carboxylic acids is 1. The number of aliphatic hydroxyl groups excluding tert-OH is 2. The van der Waals surface area contributed by atoms with Crippen LogP contribution in [-0.4, -0.2) is 32.9 Å². The number of carboxylic acid groups (broad SMARTS) is 1. The van der Waals surface area contributed by atoms with E-state index in [2.05, 4.69) is 6.92 Å². The van der Waals surface area contributed by atoms with Crippen LogP contribution in [0.2, 0.25) is 0 Å². The standard InChI is InChI=1S/C23H28O6/c1-22-10-9-15-13(14(22)5-6-16(22)17(24)7-8-19(26)27)4-3-12-11-18(25)20(28)21(29)23(12,15)2/h6,11,13-15,25,28H,3-5,7-10H2,1-2H3,(H,26,27)/t13-,14-,15-,22-,23-/m0/s1. The normalized spacial score (nSPS) is 38.6. The average molecular weight is 400 g/mol. The van der Waals surface area contributed by atoms with Crippen molar-refractivity contribution < 1.29 is 29.7 Å². The molecule has 4 aliphatic carbocycles. The molecule has 0 heterocycles. The second-order valence-electron chi connectivity index (χ2n) is 9.48. The fraction of sp³-hybridized carbons (Fsp3) is 0.609. The maximum Gasteiger partial charge on any atom is 0.303 e. The molecular weight excluding hydrogens is 372 g/mol. The molecular formula is C23H28O6. The van der Waals surface area contributed by atoms with Gasteiger partial charge in [0.15, 0.2) is 11.5 Å². The van der Waals surface area contributed by atoms with Gasteiger partial charge in [-0.3, -0.25) is 14.4 Å². The molecule has 0 aromatic carbocycles. The van der Waals surface area contributed by atoms with Gasteiger partial charge in [-0.1, -0.05) is 18.6 Å². The van der Waals surface area contributed by atoms with E-state index < -0.39 is 22.9 Å². The number of fused-ring (bicyclic) bond motifs is 5. The first-order chi connectivity index (χ1) is 13.6. The summed E-state index contributed by atoms with van der Waals surface area (Å²) in [6.45, 7) is 4.01. The minimum absolute atomic E-state index is 0.0264. The summed E-state index contributed by atoms with van der Waals surface area (Å²) in [5.41, 5.74) is 0.568. The number of aliphatic carboxylic acids is 1. The van der Waals surface area contributed by atoms with E-state index in [0.717, 1.165) is 36.8 Å². The number of Topliss-reactive ketones (excluding diaryl/α,β-unsaturated/α-hetero) is 2. The first-order valence-corrected chi connectivity index (χ1v) is 10.4. The van der Waals surface area contributed by atoms with Gasteiger partial charge >= 0.3 is 5.97 Å². The highest BCUT2D eigenvalue weighted by molar-refractivity contribution is 6.02. The maximum atomic E-state index is 13.0. The number of allylic oxidation sites excluding steroid dienone is 5. The Bertz CT molecular complexity index is 893. The zero-order valence-corrected chi connectivity index (χ0v) is 16.9. The number of aliphatic hydroxyl groups is 2. The van der Waals surface area contributed by atoms with Crippen molar-refractivity contribution in [2.75, 3.05) is 0 Å². The topological polar surface area (TPSA) is 112 Å². The molecule has 0 aromatic rings. The van der Waals surface area contributed by atoms with Crippen molar-refractivity contribution in [3.63, 3.8) is 0 Å². The van der Waals surface area contributed by atoms with E-state index >= 15 is 0 Å². The van der Waals surface area contributed by atoms with Gasteiger partial charge in [0.05, 0.1) is 11.8 Å². The summed E-state index contributed by atoms with van der Waals surface area (Å²) < 4.78 is 0. The average Bonchev–Trinajstić information content (AvgIpc) is 3.03. The fourth-order valence-electron chi connectivity index (χ4n) is 6.71. The summed E-state index contributed by atoms with van der Waals surface area (Å²) in [6, 6.07) is 0. The molecule has 5 atom stereocenters. The van der Waals surface area contributed by atoms with E-state index in [0.29, 0.717) is 6.42 Å². The Balaban J connectivity index is 1.61. The predicted octanol–water partition coefficient (Wildman–Crippen LogP) is 4.04. The molecule has 0 amide bonds. The van der Waals surface area contributed by atoms with Crippen molar-refractivity contribution in [1.29, 1.82) is 0 Å². The summed E-state index contributed by atoms with van der Waals surface area (Å²) >= 11 is 0. The highest BCUT2D eigenvalue weighted by atomic mass is 16.4. The molecule has 2 fully saturated rings. The molecule has 0 unspecified atom stereocenters. The molecule has 6 nitrogen and oxygen atoms in total. The number of ketones is 2. The van der Waals surface area contributed by atoms with Gasteiger partial charge in [-0.25, -0.2) is 0 Å². The van der Waals surface area contributed by atoms with E-state index in [1.165, 1.54) is 0 Å². The van der Waals surface area contributed by atoms with Crippen LogP contribution in [0.25, 0.3) is 0 Å². The lowest BCUT2D eigenvalue weighted by Crippen LogP contribution is -2.53. The Morgan fingerprint density at radius 3 is 2.55 bits per heavy atom. The monoisotopic (exact) mass is 400 g/mol. The van der Waals surface area contributed by atoms with Gasteiger partial charge in [-0.15, -0.1) is 0 Å². The highest BCUT2D eigenvalue weighted by Crippen LogP contribution is 2.65. The van der Waals surface area contributed by atoms with Crippen molar-refractivity contribution in [1.82, 2.24) is 0 Å². The fourth-order valence-corrected chi connectivity index (χ4v) is 6.71. The van der Waals surface area contributed by atoms with Crippen LogP contribution in [0.4, 0.5) is 0 Å². The number of carbonyl (C=O) groups excluding carboxylic acids is 2. The maximum absolute atomic E-state index is 13.0. The number of hydrogen-bond donors (Lipinski definition) is 3. The molecule has 0 spiro atoms. The van der Waals surface area contributed by atoms with Crippen LogP contribution in [0.3, 0.4) is 0 Å². The van der Waals surface area contributed by atoms with Crippen LogP contribution in [0, 0.1) is 28.6 Å². The van der Waals surface area contributed by atoms with Crippen LogP contribution >= 0.6 is 0 Å². The van der Waals surface area contributed by atoms with Crippen LogP contribution in [-0.2, 0) is 14.4 Å². The summed E-state index contributed by atoms with van der Waals surface area (Å²) in [5, 5.41) is 29.0. The van der Waals surface area contributed by atoms with Gasteiger partial charge < -0.3 is 15.3 Å². The molecule has 2 saturated carbocycles. The Hall–Kier alpha value is -2.37. The SMILES string of the molecule is C[C@]12C(=O)C(O)=C(O)C=C1CC[C@@H]1[C@@H]2CC[C@]2(C)C(C(=O)CCC(=O)O)=CC[C@@H]12. The molecule has 3 N–H and O–H groups in total. The van der Waals surface area contributed by atoms with Crippen molar-refractivity contribution in [3.05, 3.63) is 34.8 Å². The molecule has 0 bridgehead atoms. The Morgan fingerprint density at radius 2 is 1.86 bits per heavy atom. The van der Waals surface area contributed by atoms with E-state index in [4.69, 9.17) is 5.11 Å². The van der Waals surface area contributed by atoms with E-state index in [1.54, 1.807) is 6.08 Å². The third-order valence-corrected chi connectivity index (χ3v) is 8.28. The molecule has 0 radical (unpaired) electrons. The third-order valence-electron chi connectivity index (χ3n) is 8.28. The molecule has 4 rings (SSSR count). The second-order valence-corrected chi connectivity index (χ2v) is 9.48. The zero-order valence-electron chi connectivity index (χ0n) is 16.9. The second kappa shape index (κ2) is 6.57. The van der Waals surface area contributed by atoms with Gasteiger partial charge in [-0.05, 0) is 73.8 Å². The van der Waals surface area contributed by atoms with Crippen LogP contribution in [0.5, 0.6) is 0 Å². The van der Waals surface area contributed by atoms with Crippen molar-refractivity contribution >= 4 is 17.5 Å². The Kier molecular flexibility index (Phi) is 4.52. The number of carbonyl (C=O) groups is 3. The number of rotatable bonds is 4. The number of hydrogen-bond acceptors (Lipinski definition) is 5. The van der Waals surface area contributed by atoms with Gasteiger partial charge in [0.25, 0.3) is 0 Å². The zero-order chi connectivity index (χ0) is 21.1. The minimum Gasteiger partial charge on any atom is -0.504 e. The first-order valence-electron chi connectivity index (χ1n) is 10.4. The lowest BCUT2D eigenvalue weighted by atomic mass is 9.46. The Labute approximate surface area is 170 Å². The van der Waals surface area contributed by atoms with Crippen molar-refractivity contribution in [3.8, 4) is 0 Å². The first kappa shape index (κ1) is 19.9. The van der Waals surface area contributed by atoms with Crippen LogP contribution in [0.1, 0.15) is 58.8 Å². The van der Waals surface area contributed by atoms with Gasteiger partial charge in [0.2, 0.25) is 11.5 Å². The Morgan fingerprint density at radius 1 is 1.14 bits per heavy atom. The predicted molar refractivity (Wildman–Crippen MR) is 105 cm³/mol. The molecule has 0 aliphatic heterocycles. The lowest BCUT2D eigenvalue weighted by molar-refractivity contribution is -0.138. The smallest absolute Gasteiger partial charge is 0.303 e. The highest BCUT2D eigenvalue weighted by Gasteiger charge is 2.60. The van der Waals surface area contributed by atoms with E-state index in [9.17, 15) is 24.6 Å². The largest absolute Gasteiger partial charge is 0.504 e. The van der Waals surface area contributed by atoms with Crippen molar-refractivity contribution in [2.24, 2.45) is 28.6 Å². The summed E-state index contributed by atoms with van der Waals surface area (Å²) in [4.78, 5) is 36.6. The van der Waals surface area contributed by atoms with Gasteiger partial charge in [-0.2, -0.15) is 0 Å².